The molecule has 0 saturated carbocycles. The fraction of sp³-hybridized carbons (Fsp3) is 0.167. The van der Waals surface area contributed by atoms with Gasteiger partial charge in [0.15, 0.2) is 6.10 Å². The Balaban J connectivity index is 2.02. The van der Waals surface area contributed by atoms with Gasteiger partial charge in [-0.25, -0.2) is 5.10 Å². The van der Waals surface area contributed by atoms with Crippen LogP contribution in [-0.4, -0.2) is 27.2 Å². The van der Waals surface area contributed by atoms with Crippen LogP contribution < -0.4 is 10.1 Å². The number of rotatable bonds is 4. The highest BCUT2D eigenvalue weighted by molar-refractivity contribution is 5.92. The molecule has 1 aromatic carbocycles. The minimum atomic E-state index is -0.764. The number of hydrogen-bond donors (Lipinski definition) is 2. The van der Waals surface area contributed by atoms with Crippen LogP contribution in [0.25, 0.3) is 0 Å². The third-order valence-electron chi connectivity index (χ3n) is 2.34. The number of aromatic nitrogens is 3. The topological polar surface area (TPSA) is 104 Å². The van der Waals surface area contributed by atoms with Gasteiger partial charge in [-0.3, -0.25) is 10.1 Å². The Hall–Kier alpha value is -2.88. The van der Waals surface area contributed by atoms with Gasteiger partial charge in [-0.05, 0) is 19.1 Å². The molecule has 7 heteroatoms. The molecule has 1 aromatic heterocycles. The van der Waals surface area contributed by atoms with Crippen LogP contribution in [0.3, 0.4) is 0 Å². The number of anilines is 1. The molecule has 96 valence electrons. The zero-order valence-electron chi connectivity index (χ0n) is 10.1. The van der Waals surface area contributed by atoms with Crippen molar-refractivity contribution >= 4 is 11.9 Å². The number of para-hydroxylation sites is 1. The second-order valence-electron chi connectivity index (χ2n) is 3.69. The lowest BCUT2D eigenvalue weighted by Gasteiger charge is -2.14. The number of H-pyrrole nitrogens is 1. The van der Waals surface area contributed by atoms with Crippen LogP contribution in [0.4, 0.5) is 5.95 Å². The molecule has 1 amide bonds. The molecule has 2 N–H and O–H groups in total. The minimum absolute atomic E-state index is 0.244. The van der Waals surface area contributed by atoms with Crippen molar-refractivity contribution in [1.29, 1.82) is 5.26 Å². The predicted octanol–water partition coefficient (Wildman–Crippen LogP) is 1.08. The third kappa shape index (κ3) is 3.07. The standard InChI is InChI=1S/C12H11N5O2/c1-8(11(18)16-12-14-7-15-17-12)19-10-5-3-2-4-9(10)6-13/h2-5,7-8H,1H3,(H2,14,15,16,17,18)/t8-/m0/s1. The van der Waals surface area contributed by atoms with E-state index < -0.39 is 6.10 Å². The molecule has 0 radical (unpaired) electrons. The highest BCUT2D eigenvalue weighted by atomic mass is 16.5. The van der Waals surface area contributed by atoms with E-state index in [2.05, 4.69) is 20.5 Å². The van der Waals surface area contributed by atoms with Gasteiger partial charge in [0.25, 0.3) is 5.91 Å². The number of aromatic amines is 1. The summed E-state index contributed by atoms with van der Waals surface area (Å²) in [6.45, 7) is 1.58. The van der Waals surface area contributed by atoms with Gasteiger partial charge < -0.3 is 4.74 Å². The van der Waals surface area contributed by atoms with Gasteiger partial charge in [-0.2, -0.15) is 15.3 Å². The highest BCUT2D eigenvalue weighted by Gasteiger charge is 2.17. The van der Waals surface area contributed by atoms with Gasteiger partial charge in [-0.15, -0.1) is 0 Å². The summed E-state index contributed by atoms with van der Waals surface area (Å²) in [7, 11) is 0. The number of ether oxygens (including phenoxy) is 1. The Bertz CT molecular complexity index is 603. The third-order valence-corrected chi connectivity index (χ3v) is 2.34. The number of nitriles is 1. The van der Waals surface area contributed by atoms with E-state index in [1.54, 1.807) is 31.2 Å². The van der Waals surface area contributed by atoms with Crippen molar-refractivity contribution in [2.24, 2.45) is 0 Å². The lowest BCUT2D eigenvalue weighted by molar-refractivity contribution is -0.122. The molecule has 0 aliphatic rings. The monoisotopic (exact) mass is 257 g/mol. The van der Waals surface area contributed by atoms with E-state index in [9.17, 15) is 4.79 Å². The first-order chi connectivity index (χ1) is 9.20. The van der Waals surface area contributed by atoms with Crippen molar-refractivity contribution in [3.05, 3.63) is 36.2 Å². The summed E-state index contributed by atoms with van der Waals surface area (Å²) in [6, 6.07) is 8.72. The molecular formula is C12H11N5O2. The maximum Gasteiger partial charge on any atom is 0.267 e. The van der Waals surface area contributed by atoms with Crippen molar-refractivity contribution in [1.82, 2.24) is 15.2 Å². The van der Waals surface area contributed by atoms with Crippen molar-refractivity contribution in [2.75, 3.05) is 5.32 Å². The minimum Gasteiger partial charge on any atom is -0.480 e. The number of nitrogens with one attached hydrogen (secondary N) is 2. The van der Waals surface area contributed by atoms with Crippen molar-refractivity contribution in [3.8, 4) is 11.8 Å². The maximum absolute atomic E-state index is 11.8. The first kappa shape index (κ1) is 12.6. The lowest BCUT2D eigenvalue weighted by atomic mass is 10.2. The van der Waals surface area contributed by atoms with Crippen LogP contribution in [0.2, 0.25) is 0 Å². The fourth-order valence-electron chi connectivity index (χ4n) is 1.39. The molecule has 0 bridgehead atoms. The largest absolute Gasteiger partial charge is 0.480 e. The lowest BCUT2D eigenvalue weighted by Crippen LogP contribution is -2.30. The SMILES string of the molecule is C[C@H](Oc1ccccc1C#N)C(=O)Nc1ncn[nH]1. The van der Waals surface area contributed by atoms with Crippen LogP contribution in [0.1, 0.15) is 12.5 Å². The molecule has 2 aromatic rings. The number of benzene rings is 1. The summed E-state index contributed by atoms with van der Waals surface area (Å²) < 4.78 is 5.45. The number of amides is 1. The number of carbonyl (C=O) groups excluding carboxylic acids is 1. The van der Waals surface area contributed by atoms with Crippen molar-refractivity contribution < 1.29 is 9.53 Å². The van der Waals surface area contributed by atoms with Gasteiger partial charge in [0.2, 0.25) is 5.95 Å². The zero-order chi connectivity index (χ0) is 13.7. The summed E-state index contributed by atoms with van der Waals surface area (Å²) >= 11 is 0. The Labute approximate surface area is 109 Å². The van der Waals surface area contributed by atoms with E-state index in [4.69, 9.17) is 10.00 Å². The summed E-state index contributed by atoms with van der Waals surface area (Å²) in [6.07, 6.45) is 0.520. The maximum atomic E-state index is 11.8. The van der Waals surface area contributed by atoms with Crippen LogP contribution in [0.15, 0.2) is 30.6 Å². The van der Waals surface area contributed by atoms with Crippen LogP contribution in [0.5, 0.6) is 5.75 Å². The summed E-state index contributed by atoms with van der Waals surface area (Å²) in [5, 5.41) is 17.5. The Kier molecular flexibility index (Phi) is 3.73. The molecule has 0 aliphatic heterocycles. The van der Waals surface area contributed by atoms with Gasteiger partial charge in [0, 0.05) is 0 Å². The molecule has 0 unspecified atom stereocenters. The zero-order valence-corrected chi connectivity index (χ0v) is 10.1. The average Bonchev–Trinajstić information content (AvgIpc) is 2.92. The number of carbonyl (C=O) groups is 1. The molecule has 1 atom stereocenters. The van der Waals surface area contributed by atoms with Gasteiger partial charge in [0.1, 0.15) is 18.1 Å². The summed E-state index contributed by atoms with van der Waals surface area (Å²) in [5.41, 5.74) is 0.377. The van der Waals surface area contributed by atoms with Gasteiger partial charge in [-0.1, -0.05) is 12.1 Å². The highest BCUT2D eigenvalue weighted by Crippen LogP contribution is 2.18. The van der Waals surface area contributed by atoms with Crippen LogP contribution >= 0.6 is 0 Å². The molecule has 0 saturated heterocycles. The first-order valence-electron chi connectivity index (χ1n) is 5.52. The Morgan fingerprint density at radius 3 is 3.00 bits per heavy atom. The van der Waals surface area contributed by atoms with E-state index >= 15 is 0 Å². The smallest absolute Gasteiger partial charge is 0.267 e. The average molecular weight is 257 g/mol. The quantitative estimate of drug-likeness (QED) is 0.853. The second kappa shape index (κ2) is 5.64. The predicted molar refractivity (Wildman–Crippen MR) is 66.3 cm³/mol. The number of hydrogen-bond acceptors (Lipinski definition) is 5. The molecule has 2 rings (SSSR count). The second-order valence-corrected chi connectivity index (χ2v) is 3.69. The van der Waals surface area contributed by atoms with Crippen molar-refractivity contribution in [3.63, 3.8) is 0 Å². The van der Waals surface area contributed by atoms with Gasteiger partial charge >= 0.3 is 0 Å². The Morgan fingerprint density at radius 1 is 1.53 bits per heavy atom. The molecule has 7 nitrogen and oxygen atoms in total. The van der Waals surface area contributed by atoms with E-state index in [1.165, 1.54) is 6.33 Å². The van der Waals surface area contributed by atoms with Gasteiger partial charge in [0.05, 0.1) is 5.56 Å². The summed E-state index contributed by atoms with van der Waals surface area (Å²) in [5.74, 6) is 0.226. The van der Waals surface area contributed by atoms with E-state index in [0.29, 0.717) is 11.3 Å². The van der Waals surface area contributed by atoms with E-state index in [0.717, 1.165) is 0 Å². The molecule has 1 heterocycles. The number of nitrogens with zero attached hydrogens (tertiary/aromatic N) is 3. The molecular weight excluding hydrogens is 246 g/mol. The molecule has 19 heavy (non-hydrogen) atoms. The molecule has 0 fully saturated rings. The van der Waals surface area contributed by atoms with Crippen molar-refractivity contribution in [2.45, 2.75) is 13.0 Å². The van der Waals surface area contributed by atoms with Crippen LogP contribution in [-0.2, 0) is 4.79 Å². The van der Waals surface area contributed by atoms with E-state index in [1.807, 2.05) is 6.07 Å². The molecule has 0 aliphatic carbocycles. The molecule has 0 spiro atoms. The van der Waals surface area contributed by atoms with E-state index in [-0.39, 0.29) is 11.9 Å². The fourth-order valence-corrected chi connectivity index (χ4v) is 1.39. The van der Waals surface area contributed by atoms with Crippen LogP contribution in [0, 0.1) is 11.3 Å². The normalized spacial score (nSPS) is 11.4. The first-order valence-corrected chi connectivity index (χ1v) is 5.52. The Morgan fingerprint density at radius 2 is 2.32 bits per heavy atom. The summed E-state index contributed by atoms with van der Waals surface area (Å²) in [4.78, 5) is 15.6.